The topological polar surface area (TPSA) is 134 Å². The SMILES string of the molecule is Cc1noc(CCCNC(=O)c2ccc(S(=O)(=O)N3CCNC(=O)C3)cc2)n1. The number of sulfonamides is 1. The second kappa shape index (κ2) is 8.48. The van der Waals surface area contributed by atoms with Gasteiger partial charge in [0.15, 0.2) is 5.82 Å². The second-order valence-corrected chi connectivity index (χ2v) is 8.25. The molecule has 2 aromatic rings. The van der Waals surface area contributed by atoms with Crippen LogP contribution in [0.15, 0.2) is 33.7 Å². The summed E-state index contributed by atoms with van der Waals surface area (Å²) >= 11 is 0. The zero-order chi connectivity index (χ0) is 20.1. The zero-order valence-corrected chi connectivity index (χ0v) is 16.2. The molecule has 2 amide bonds. The van der Waals surface area contributed by atoms with Crippen LogP contribution in [0.1, 0.15) is 28.5 Å². The third kappa shape index (κ3) is 4.73. The molecule has 2 N–H and O–H groups in total. The highest BCUT2D eigenvalue weighted by Crippen LogP contribution is 2.17. The Morgan fingerprint density at radius 2 is 2.07 bits per heavy atom. The van der Waals surface area contributed by atoms with Crippen molar-refractivity contribution >= 4 is 21.8 Å². The quantitative estimate of drug-likeness (QED) is 0.610. The van der Waals surface area contributed by atoms with Crippen LogP contribution < -0.4 is 10.6 Å². The molecule has 0 radical (unpaired) electrons. The van der Waals surface area contributed by atoms with Gasteiger partial charge in [0.05, 0.1) is 11.4 Å². The Kier molecular flexibility index (Phi) is 6.05. The molecule has 0 spiro atoms. The van der Waals surface area contributed by atoms with Gasteiger partial charge in [-0.2, -0.15) is 9.29 Å². The van der Waals surface area contributed by atoms with Gasteiger partial charge in [0.1, 0.15) is 0 Å². The molecule has 150 valence electrons. The lowest BCUT2D eigenvalue weighted by atomic mass is 10.2. The van der Waals surface area contributed by atoms with Crippen molar-refractivity contribution in [3.63, 3.8) is 0 Å². The molecule has 1 fully saturated rings. The zero-order valence-electron chi connectivity index (χ0n) is 15.3. The van der Waals surface area contributed by atoms with Crippen LogP contribution in [-0.4, -0.2) is 60.9 Å². The Labute approximate surface area is 162 Å². The summed E-state index contributed by atoms with van der Waals surface area (Å²) in [7, 11) is -3.77. The molecular formula is C17H21N5O5S. The van der Waals surface area contributed by atoms with Gasteiger partial charge >= 0.3 is 0 Å². The maximum atomic E-state index is 12.6. The number of benzene rings is 1. The average molecular weight is 407 g/mol. The summed E-state index contributed by atoms with van der Waals surface area (Å²) in [6.07, 6.45) is 1.19. The molecule has 2 heterocycles. The van der Waals surface area contributed by atoms with Gasteiger partial charge in [-0.15, -0.1) is 0 Å². The smallest absolute Gasteiger partial charge is 0.251 e. The van der Waals surface area contributed by atoms with E-state index in [0.29, 0.717) is 36.7 Å². The van der Waals surface area contributed by atoms with Gasteiger partial charge in [0.2, 0.25) is 21.8 Å². The predicted molar refractivity (Wildman–Crippen MR) is 97.9 cm³/mol. The fraction of sp³-hybridized carbons (Fsp3) is 0.412. The Hall–Kier alpha value is -2.79. The Morgan fingerprint density at radius 3 is 2.71 bits per heavy atom. The van der Waals surface area contributed by atoms with E-state index in [9.17, 15) is 18.0 Å². The number of hydrogen-bond acceptors (Lipinski definition) is 7. The lowest BCUT2D eigenvalue weighted by Gasteiger charge is -2.25. The van der Waals surface area contributed by atoms with Crippen molar-refractivity contribution in [2.45, 2.75) is 24.7 Å². The molecule has 0 unspecified atom stereocenters. The lowest BCUT2D eigenvalue weighted by Crippen LogP contribution is -2.49. The Balaban J connectivity index is 1.54. The van der Waals surface area contributed by atoms with E-state index in [2.05, 4.69) is 20.8 Å². The van der Waals surface area contributed by atoms with Crippen molar-refractivity contribution in [1.29, 1.82) is 0 Å². The van der Waals surface area contributed by atoms with E-state index in [0.717, 1.165) is 4.31 Å². The Bertz CT molecular complexity index is 955. The van der Waals surface area contributed by atoms with Crippen molar-refractivity contribution in [3.05, 3.63) is 41.5 Å². The average Bonchev–Trinajstić information content (AvgIpc) is 3.10. The number of aromatic nitrogens is 2. The molecule has 3 rings (SSSR count). The van der Waals surface area contributed by atoms with Gasteiger partial charge in [-0.25, -0.2) is 8.42 Å². The molecule has 11 heteroatoms. The number of rotatable bonds is 7. The molecule has 0 bridgehead atoms. The second-order valence-electron chi connectivity index (χ2n) is 6.31. The molecule has 10 nitrogen and oxygen atoms in total. The molecule has 0 aliphatic carbocycles. The van der Waals surface area contributed by atoms with Crippen LogP contribution in [0, 0.1) is 6.92 Å². The van der Waals surface area contributed by atoms with Gasteiger partial charge in [0.25, 0.3) is 5.91 Å². The maximum Gasteiger partial charge on any atom is 0.251 e. The normalized spacial score (nSPS) is 15.2. The van der Waals surface area contributed by atoms with Crippen LogP contribution in [0.25, 0.3) is 0 Å². The third-order valence-electron chi connectivity index (χ3n) is 4.18. The van der Waals surface area contributed by atoms with Crippen molar-refractivity contribution in [1.82, 2.24) is 25.1 Å². The van der Waals surface area contributed by atoms with Crippen LogP contribution in [0.4, 0.5) is 0 Å². The number of carbonyl (C=O) groups is 2. The van der Waals surface area contributed by atoms with Crippen molar-refractivity contribution in [2.75, 3.05) is 26.2 Å². The molecule has 28 heavy (non-hydrogen) atoms. The largest absolute Gasteiger partial charge is 0.354 e. The monoisotopic (exact) mass is 407 g/mol. The fourth-order valence-corrected chi connectivity index (χ4v) is 4.13. The van der Waals surface area contributed by atoms with Crippen molar-refractivity contribution in [2.24, 2.45) is 0 Å². The lowest BCUT2D eigenvalue weighted by molar-refractivity contribution is -0.122. The van der Waals surface area contributed by atoms with E-state index in [4.69, 9.17) is 4.52 Å². The van der Waals surface area contributed by atoms with E-state index >= 15 is 0 Å². The summed E-state index contributed by atoms with van der Waals surface area (Å²) in [6.45, 7) is 2.45. The number of hydrogen-bond donors (Lipinski definition) is 2. The van der Waals surface area contributed by atoms with Gasteiger partial charge in [-0.1, -0.05) is 5.16 Å². The summed E-state index contributed by atoms with van der Waals surface area (Å²) < 4.78 is 31.3. The molecule has 1 aliphatic heterocycles. The molecule has 0 saturated carbocycles. The summed E-state index contributed by atoms with van der Waals surface area (Å²) in [5, 5.41) is 9.04. The van der Waals surface area contributed by atoms with Crippen molar-refractivity contribution < 1.29 is 22.5 Å². The first-order valence-corrected chi connectivity index (χ1v) is 10.2. The summed E-state index contributed by atoms with van der Waals surface area (Å²) in [6, 6.07) is 5.65. The van der Waals surface area contributed by atoms with Gasteiger partial charge in [-0.3, -0.25) is 9.59 Å². The van der Waals surface area contributed by atoms with Crippen molar-refractivity contribution in [3.8, 4) is 0 Å². The minimum absolute atomic E-state index is 0.0468. The molecule has 1 saturated heterocycles. The first-order valence-electron chi connectivity index (χ1n) is 8.80. The van der Waals surface area contributed by atoms with Gasteiger partial charge in [-0.05, 0) is 37.6 Å². The molecule has 1 aromatic heterocycles. The van der Waals surface area contributed by atoms with Crippen LogP contribution in [-0.2, 0) is 21.2 Å². The van der Waals surface area contributed by atoms with Crippen LogP contribution in [0.5, 0.6) is 0 Å². The highest BCUT2D eigenvalue weighted by Gasteiger charge is 2.29. The number of carbonyl (C=O) groups excluding carboxylic acids is 2. The van der Waals surface area contributed by atoms with E-state index in [1.54, 1.807) is 6.92 Å². The molecule has 0 atom stereocenters. The van der Waals surface area contributed by atoms with Crippen LogP contribution >= 0.6 is 0 Å². The number of amides is 2. The van der Waals surface area contributed by atoms with E-state index < -0.39 is 10.0 Å². The minimum atomic E-state index is -3.77. The first-order chi connectivity index (χ1) is 13.4. The maximum absolute atomic E-state index is 12.6. The fourth-order valence-electron chi connectivity index (χ4n) is 2.73. The Morgan fingerprint density at radius 1 is 1.32 bits per heavy atom. The number of nitrogens with one attached hydrogen (secondary N) is 2. The molecule has 1 aromatic carbocycles. The summed E-state index contributed by atoms with van der Waals surface area (Å²) in [5.74, 6) is 0.455. The third-order valence-corrected chi connectivity index (χ3v) is 6.04. The van der Waals surface area contributed by atoms with Crippen LogP contribution in [0.3, 0.4) is 0 Å². The summed E-state index contributed by atoms with van der Waals surface area (Å²) in [5.41, 5.74) is 0.351. The molecular weight excluding hydrogens is 386 g/mol. The van der Waals surface area contributed by atoms with Crippen LogP contribution in [0.2, 0.25) is 0 Å². The number of nitrogens with zero attached hydrogens (tertiary/aromatic N) is 3. The minimum Gasteiger partial charge on any atom is -0.354 e. The predicted octanol–water partition coefficient (Wildman–Crippen LogP) is -0.139. The molecule has 1 aliphatic rings. The highest BCUT2D eigenvalue weighted by molar-refractivity contribution is 7.89. The van der Waals surface area contributed by atoms with E-state index in [1.807, 2.05) is 0 Å². The number of aryl methyl sites for hydroxylation is 2. The van der Waals surface area contributed by atoms with Gasteiger partial charge < -0.3 is 15.2 Å². The summed E-state index contributed by atoms with van der Waals surface area (Å²) in [4.78, 5) is 27.8. The standard InChI is InChI=1S/C17H21N5O5S/c1-12-20-16(27-21-12)3-2-8-19-17(24)13-4-6-14(7-5-13)28(25,26)22-10-9-18-15(23)11-22/h4-7H,2-3,8-11H2,1H3,(H,18,23)(H,19,24). The number of piperazine rings is 1. The van der Waals surface area contributed by atoms with E-state index in [1.165, 1.54) is 24.3 Å². The highest BCUT2D eigenvalue weighted by atomic mass is 32.2. The first kappa shape index (κ1) is 20.0. The van der Waals surface area contributed by atoms with E-state index in [-0.39, 0.29) is 36.3 Å². The van der Waals surface area contributed by atoms with Gasteiger partial charge in [0, 0.05) is 31.6 Å².